The van der Waals surface area contributed by atoms with E-state index in [4.69, 9.17) is 9.98 Å². The molecule has 248 valence electrons. The Balaban J connectivity index is 1.09. The summed E-state index contributed by atoms with van der Waals surface area (Å²) in [4.78, 5) is 10.3. The third-order valence-corrected chi connectivity index (χ3v) is 9.80. The molecule has 2 heterocycles. The van der Waals surface area contributed by atoms with Gasteiger partial charge in [-0.15, -0.1) is 0 Å². The minimum absolute atomic E-state index is 0.0673. The van der Waals surface area contributed by atoms with Gasteiger partial charge in [-0.2, -0.15) is 0 Å². The molecule has 0 aromatic heterocycles. The van der Waals surface area contributed by atoms with Crippen molar-refractivity contribution >= 4 is 33.7 Å². The SMILES string of the molecule is C1=C(c2ccc(-c3ccc(C4N=C(c5ccccc5)NC(c5ccccc5)=N4)c4ccccc34)cc2)C=C(c2ccccc2)NC1c1ccccc1. The Kier molecular flexibility index (Phi) is 8.32. The van der Waals surface area contributed by atoms with Crippen LogP contribution < -0.4 is 10.6 Å². The lowest BCUT2D eigenvalue weighted by molar-refractivity contribution is 0.762. The van der Waals surface area contributed by atoms with Crippen molar-refractivity contribution in [2.24, 2.45) is 9.98 Å². The monoisotopic (exact) mass is 668 g/mol. The van der Waals surface area contributed by atoms with Gasteiger partial charge in [0.15, 0.2) is 6.17 Å². The average molecular weight is 669 g/mol. The number of hydrogen-bond donors (Lipinski definition) is 2. The number of dihydropyridines is 1. The Hall–Kier alpha value is -6.78. The van der Waals surface area contributed by atoms with Crippen LogP contribution in [0.25, 0.3) is 33.2 Å². The predicted octanol–water partition coefficient (Wildman–Crippen LogP) is 10.8. The molecule has 0 bridgehead atoms. The van der Waals surface area contributed by atoms with E-state index >= 15 is 0 Å². The summed E-state index contributed by atoms with van der Waals surface area (Å²) in [6.07, 6.45) is 4.19. The van der Waals surface area contributed by atoms with Crippen molar-refractivity contribution in [1.29, 1.82) is 0 Å². The summed E-state index contributed by atoms with van der Waals surface area (Å²) in [5, 5.41) is 9.60. The Bertz CT molecular complexity index is 2430. The van der Waals surface area contributed by atoms with Crippen LogP contribution in [-0.4, -0.2) is 11.7 Å². The van der Waals surface area contributed by atoms with Crippen LogP contribution in [0, 0.1) is 0 Å². The van der Waals surface area contributed by atoms with E-state index in [9.17, 15) is 0 Å². The van der Waals surface area contributed by atoms with Gasteiger partial charge in [-0.05, 0) is 56.3 Å². The van der Waals surface area contributed by atoms with Gasteiger partial charge in [-0.25, -0.2) is 9.98 Å². The lowest BCUT2D eigenvalue weighted by Crippen LogP contribution is -2.36. The number of benzene rings is 7. The molecule has 4 nitrogen and oxygen atoms in total. The van der Waals surface area contributed by atoms with Crippen LogP contribution in [-0.2, 0) is 0 Å². The number of allylic oxidation sites excluding steroid dienone is 2. The summed E-state index contributed by atoms with van der Waals surface area (Å²) in [6.45, 7) is 0. The van der Waals surface area contributed by atoms with E-state index in [2.05, 4.69) is 168 Å². The van der Waals surface area contributed by atoms with Crippen molar-refractivity contribution in [3.63, 3.8) is 0 Å². The zero-order valence-electron chi connectivity index (χ0n) is 28.5. The maximum atomic E-state index is 5.17. The van der Waals surface area contributed by atoms with E-state index in [1.807, 2.05) is 36.4 Å². The van der Waals surface area contributed by atoms with E-state index in [0.717, 1.165) is 39.4 Å². The first-order valence-corrected chi connectivity index (χ1v) is 17.7. The van der Waals surface area contributed by atoms with Crippen molar-refractivity contribution in [2.75, 3.05) is 0 Å². The largest absolute Gasteiger partial charge is 0.374 e. The van der Waals surface area contributed by atoms with Crippen molar-refractivity contribution in [3.8, 4) is 11.1 Å². The summed E-state index contributed by atoms with van der Waals surface area (Å²) in [5.41, 5.74) is 11.4. The molecule has 0 spiro atoms. The lowest BCUT2D eigenvalue weighted by Gasteiger charge is -2.26. The molecule has 7 aromatic carbocycles. The van der Waals surface area contributed by atoms with Crippen LogP contribution in [0.1, 0.15) is 45.6 Å². The molecule has 0 amide bonds. The van der Waals surface area contributed by atoms with Crippen LogP contribution in [0.15, 0.2) is 204 Å². The highest BCUT2D eigenvalue weighted by molar-refractivity contribution is 6.16. The number of fused-ring (bicyclic) bond motifs is 1. The van der Waals surface area contributed by atoms with Gasteiger partial charge in [0, 0.05) is 22.4 Å². The summed E-state index contributed by atoms with van der Waals surface area (Å²) < 4.78 is 0. The second kappa shape index (κ2) is 13.9. The Labute approximate surface area is 304 Å². The van der Waals surface area contributed by atoms with Crippen molar-refractivity contribution in [2.45, 2.75) is 12.2 Å². The molecule has 52 heavy (non-hydrogen) atoms. The highest BCUT2D eigenvalue weighted by Gasteiger charge is 2.23. The molecule has 7 aromatic rings. The lowest BCUT2D eigenvalue weighted by atomic mass is 9.91. The molecular weight excluding hydrogens is 633 g/mol. The second-order valence-corrected chi connectivity index (χ2v) is 13.1. The molecule has 1 atom stereocenters. The number of nitrogens with zero attached hydrogens (tertiary/aromatic N) is 2. The van der Waals surface area contributed by atoms with E-state index in [1.54, 1.807) is 0 Å². The number of hydrogen-bond acceptors (Lipinski definition) is 4. The zero-order chi connectivity index (χ0) is 34.7. The minimum Gasteiger partial charge on any atom is -0.374 e. The van der Waals surface area contributed by atoms with Crippen LogP contribution >= 0.6 is 0 Å². The van der Waals surface area contributed by atoms with Crippen molar-refractivity contribution in [1.82, 2.24) is 10.6 Å². The Morgan fingerprint density at radius 1 is 0.423 bits per heavy atom. The van der Waals surface area contributed by atoms with E-state index < -0.39 is 6.17 Å². The van der Waals surface area contributed by atoms with Crippen molar-refractivity contribution < 1.29 is 0 Å². The van der Waals surface area contributed by atoms with Crippen LogP contribution in [0.3, 0.4) is 0 Å². The summed E-state index contributed by atoms with van der Waals surface area (Å²) in [5.74, 6) is 1.63. The van der Waals surface area contributed by atoms with E-state index in [0.29, 0.717) is 0 Å². The van der Waals surface area contributed by atoms with E-state index in [1.165, 1.54) is 38.8 Å². The number of rotatable bonds is 7. The average Bonchev–Trinajstić information content (AvgIpc) is 3.24. The van der Waals surface area contributed by atoms with Gasteiger partial charge in [0.1, 0.15) is 11.7 Å². The third-order valence-electron chi connectivity index (χ3n) is 9.80. The van der Waals surface area contributed by atoms with Crippen LogP contribution in [0.5, 0.6) is 0 Å². The highest BCUT2D eigenvalue weighted by atomic mass is 15.2. The summed E-state index contributed by atoms with van der Waals surface area (Å²) >= 11 is 0. The number of aliphatic imine (C=N–C) groups is 2. The van der Waals surface area contributed by atoms with Crippen molar-refractivity contribution in [3.05, 3.63) is 228 Å². The fourth-order valence-electron chi connectivity index (χ4n) is 7.15. The molecule has 0 radical (unpaired) electrons. The first kappa shape index (κ1) is 31.2. The van der Waals surface area contributed by atoms with Crippen LogP contribution in [0.4, 0.5) is 0 Å². The molecule has 2 aliphatic heterocycles. The third kappa shape index (κ3) is 6.23. The molecule has 0 saturated carbocycles. The zero-order valence-corrected chi connectivity index (χ0v) is 28.5. The van der Waals surface area contributed by atoms with E-state index in [-0.39, 0.29) is 6.04 Å². The van der Waals surface area contributed by atoms with Gasteiger partial charge in [0.2, 0.25) is 0 Å². The molecule has 1 unspecified atom stereocenters. The first-order chi connectivity index (χ1) is 25.8. The van der Waals surface area contributed by atoms with Crippen LogP contribution in [0.2, 0.25) is 0 Å². The fraction of sp³-hybridized carbons (Fsp3) is 0.0417. The molecule has 2 aliphatic rings. The normalized spacial score (nSPS) is 15.8. The Morgan fingerprint density at radius 2 is 0.942 bits per heavy atom. The maximum absolute atomic E-state index is 5.17. The first-order valence-electron chi connectivity index (χ1n) is 17.7. The number of amidine groups is 2. The van der Waals surface area contributed by atoms with Gasteiger partial charge in [0.25, 0.3) is 0 Å². The Morgan fingerprint density at radius 3 is 1.56 bits per heavy atom. The molecule has 0 aliphatic carbocycles. The second-order valence-electron chi connectivity index (χ2n) is 13.1. The van der Waals surface area contributed by atoms with Gasteiger partial charge >= 0.3 is 0 Å². The summed E-state index contributed by atoms with van der Waals surface area (Å²) in [7, 11) is 0. The molecule has 9 rings (SSSR count). The topological polar surface area (TPSA) is 48.8 Å². The fourth-order valence-corrected chi connectivity index (χ4v) is 7.15. The molecule has 2 N–H and O–H groups in total. The number of nitrogens with one attached hydrogen (secondary N) is 2. The standard InChI is InChI=1S/C48H36N4/c1-5-15-35(16-6-1)44-31-39(32-45(49-44)36-17-7-2-8-18-36)33-25-27-34(28-26-33)40-29-30-43(42-24-14-13-23-41(40)42)48-51-46(37-19-9-3-10-20-37)50-47(52-48)38-21-11-4-12-22-38/h1-32,44,48-49H,(H,50,51,52). The highest BCUT2D eigenvalue weighted by Crippen LogP contribution is 2.38. The molecule has 4 heteroatoms. The van der Waals surface area contributed by atoms with Gasteiger partial charge < -0.3 is 10.6 Å². The van der Waals surface area contributed by atoms with Gasteiger partial charge in [0.05, 0.1) is 6.04 Å². The quantitative estimate of drug-likeness (QED) is 0.178. The molecule has 0 saturated heterocycles. The predicted molar refractivity (Wildman–Crippen MR) is 216 cm³/mol. The molecule has 0 fully saturated rings. The minimum atomic E-state index is -0.400. The molecular formula is C48H36N4. The van der Waals surface area contributed by atoms with Gasteiger partial charge in [-0.3, -0.25) is 0 Å². The van der Waals surface area contributed by atoms with Gasteiger partial charge in [-0.1, -0.05) is 182 Å². The summed E-state index contributed by atoms with van der Waals surface area (Å²) in [6, 6.07) is 63.9. The smallest absolute Gasteiger partial charge is 0.170 e. The maximum Gasteiger partial charge on any atom is 0.170 e.